The van der Waals surface area contributed by atoms with E-state index in [-0.39, 0.29) is 4.90 Å². The summed E-state index contributed by atoms with van der Waals surface area (Å²) in [6.07, 6.45) is 0.708. The van der Waals surface area contributed by atoms with Gasteiger partial charge in [-0.1, -0.05) is 0 Å². The molecule has 0 atom stereocenters. The van der Waals surface area contributed by atoms with Gasteiger partial charge in [-0.15, -0.1) is 0 Å². The number of nitrogens with one attached hydrogen (secondary N) is 1. The second kappa shape index (κ2) is 5.45. The maximum Gasteiger partial charge on any atom is 0.241 e. The topological polar surface area (TPSA) is 105 Å². The standard InChI is InChI=1S/C11H13NO6S/c13-11(14)7-12-19(15,16)8-2-3-9-10(6-8)18-5-1-4-17-9/h2-3,6,12H,1,4-5,7H2,(H,13,14)/p-1. The van der Waals surface area contributed by atoms with Crippen molar-refractivity contribution in [1.82, 2.24) is 4.72 Å². The fourth-order valence-electron chi connectivity index (χ4n) is 1.55. The molecule has 0 aliphatic carbocycles. The molecule has 1 aromatic carbocycles. The van der Waals surface area contributed by atoms with Gasteiger partial charge in [0.25, 0.3) is 0 Å². The van der Waals surface area contributed by atoms with Gasteiger partial charge < -0.3 is 19.4 Å². The zero-order valence-corrected chi connectivity index (χ0v) is 10.7. The number of carboxylic acid groups (broad SMARTS) is 1. The number of carboxylic acids is 1. The van der Waals surface area contributed by atoms with Gasteiger partial charge in [-0.25, -0.2) is 13.1 Å². The lowest BCUT2D eigenvalue weighted by Crippen LogP contribution is -2.37. The summed E-state index contributed by atoms with van der Waals surface area (Å²) >= 11 is 0. The summed E-state index contributed by atoms with van der Waals surface area (Å²) in [5.41, 5.74) is 0. The summed E-state index contributed by atoms with van der Waals surface area (Å²) in [5, 5.41) is 10.3. The average Bonchev–Trinajstić information content (AvgIpc) is 2.60. The lowest BCUT2D eigenvalue weighted by molar-refractivity contribution is -0.303. The average molecular weight is 286 g/mol. The number of carbonyl (C=O) groups excluding carboxylic acids is 1. The Morgan fingerprint density at radius 3 is 2.63 bits per heavy atom. The Bertz CT molecular complexity index is 583. The zero-order valence-electron chi connectivity index (χ0n) is 9.92. The molecular weight excluding hydrogens is 274 g/mol. The second-order valence-corrected chi connectivity index (χ2v) is 5.62. The summed E-state index contributed by atoms with van der Waals surface area (Å²) in [6, 6.07) is 4.11. The maximum atomic E-state index is 11.8. The van der Waals surface area contributed by atoms with Crippen molar-refractivity contribution in [2.75, 3.05) is 19.8 Å². The van der Waals surface area contributed by atoms with E-state index in [9.17, 15) is 18.3 Å². The molecule has 0 unspecified atom stereocenters. The third-order valence-electron chi connectivity index (χ3n) is 2.44. The largest absolute Gasteiger partial charge is 0.549 e. The molecule has 1 heterocycles. The molecule has 2 rings (SSSR count). The molecule has 7 nitrogen and oxygen atoms in total. The highest BCUT2D eigenvalue weighted by Crippen LogP contribution is 2.31. The molecule has 19 heavy (non-hydrogen) atoms. The summed E-state index contributed by atoms with van der Waals surface area (Å²) in [5.74, 6) is -0.705. The number of hydrogen-bond acceptors (Lipinski definition) is 6. The quantitative estimate of drug-likeness (QED) is 0.751. The number of rotatable bonds is 4. The SMILES string of the molecule is O=C([O-])CNS(=O)(=O)c1ccc2c(c1)OCCCO2. The second-order valence-electron chi connectivity index (χ2n) is 3.86. The molecule has 0 saturated heterocycles. The van der Waals surface area contributed by atoms with Crippen molar-refractivity contribution in [1.29, 1.82) is 0 Å². The van der Waals surface area contributed by atoms with Gasteiger partial charge in [0.05, 0.1) is 30.6 Å². The minimum Gasteiger partial charge on any atom is -0.549 e. The highest BCUT2D eigenvalue weighted by atomic mass is 32.2. The Hall–Kier alpha value is -1.80. The fraction of sp³-hybridized carbons (Fsp3) is 0.364. The molecule has 0 radical (unpaired) electrons. The minimum absolute atomic E-state index is 0.0852. The van der Waals surface area contributed by atoms with Crippen molar-refractivity contribution >= 4 is 16.0 Å². The van der Waals surface area contributed by atoms with E-state index in [1.54, 1.807) is 0 Å². The summed E-state index contributed by atoms with van der Waals surface area (Å²) < 4.78 is 36.3. The molecule has 0 bridgehead atoms. The molecule has 1 aliphatic heterocycles. The van der Waals surface area contributed by atoms with Gasteiger partial charge >= 0.3 is 0 Å². The minimum atomic E-state index is -3.91. The molecule has 1 aromatic rings. The third-order valence-corrected chi connectivity index (χ3v) is 3.83. The van der Waals surface area contributed by atoms with Crippen LogP contribution in [-0.2, 0) is 14.8 Å². The van der Waals surface area contributed by atoms with Crippen LogP contribution in [0.5, 0.6) is 11.5 Å². The maximum absolute atomic E-state index is 11.8. The number of benzene rings is 1. The van der Waals surface area contributed by atoms with Crippen LogP contribution in [0.25, 0.3) is 0 Å². The summed E-state index contributed by atoms with van der Waals surface area (Å²) in [4.78, 5) is 10.2. The Labute approximate surface area is 110 Å². The van der Waals surface area contributed by atoms with E-state index in [0.717, 1.165) is 0 Å². The molecule has 0 amide bonds. The molecule has 1 aliphatic rings. The number of ether oxygens (including phenoxy) is 2. The number of fused-ring (bicyclic) bond motifs is 1. The lowest BCUT2D eigenvalue weighted by atomic mass is 10.3. The molecule has 0 spiro atoms. The van der Waals surface area contributed by atoms with Gasteiger partial charge in [0.1, 0.15) is 0 Å². The first kappa shape index (κ1) is 13.6. The molecular formula is C11H12NO6S-. The van der Waals surface area contributed by atoms with Crippen LogP contribution in [0, 0.1) is 0 Å². The predicted molar refractivity (Wildman–Crippen MR) is 62.2 cm³/mol. The fourth-order valence-corrected chi connectivity index (χ4v) is 2.53. The lowest BCUT2D eigenvalue weighted by Gasteiger charge is -2.11. The van der Waals surface area contributed by atoms with E-state index in [0.29, 0.717) is 31.1 Å². The Balaban J connectivity index is 2.25. The Morgan fingerprint density at radius 2 is 1.95 bits per heavy atom. The van der Waals surface area contributed by atoms with Crippen molar-refractivity contribution in [2.45, 2.75) is 11.3 Å². The van der Waals surface area contributed by atoms with Crippen LogP contribution in [0.1, 0.15) is 6.42 Å². The van der Waals surface area contributed by atoms with Crippen LogP contribution in [0.3, 0.4) is 0 Å². The van der Waals surface area contributed by atoms with Gasteiger partial charge in [-0.2, -0.15) is 0 Å². The van der Waals surface area contributed by atoms with Crippen LogP contribution in [-0.4, -0.2) is 34.1 Å². The molecule has 0 saturated carbocycles. The van der Waals surface area contributed by atoms with E-state index in [2.05, 4.69) is 0 Å². The number of carbonyl (C=O) groups is 1. The molecule has 0 aromatic heterocycles. The van der Waals surface area contributed by atoms with E-state index >= 15 is 0 Å². The van der Waals surface area contributed by atoms with Crippen molar-refractivity contribution in [2.24, 2.45) is 0 Å². The first-order valence-corrected chi connectivity index (χ1v) is 7.06. The molecule has 8 heteroatoms. The van der Waals surface area contributed by atoms with Crippen molar-refractivity contribution in [3.63, 3.8) is 0 Å². The van der Waals surface area contributed by atoms with Crippen LogP contribution in [0.15, 0.2) is 23.1 Å². The third kappa shape index (κ3) is 3.36. The van der Waals surface area contributed by atoms with E-state index in [1.165, 1.54) is 18.2 Å². The Morgan fingerprint density at radius 1 is 1.26 bits per heavy atom. The van der Waals surface area contributed by atoms with E-state index in [4.69, 9.17) is 9.47 Å². The summed E-state index contributed by atoms with van der Waals surface area (Å²) in [7, 11) is -3.91. The Kier molecular flexibility index (Phi) is 3.91. The summed E-state index contributed by atoms with van der Waals surface area (Å²) in [6.45, 7) is 0.155. The highest BCUT2D eigenvalue weighted by Gasteiger charge is 2.18. The van der Waals surface area contributed by atoms with E-state index < -0.39 is 22.5 Å². The van der Waals surface area contributed by atoms with Gasteiger partial charge in [0.2, 0.25) is 10.0 Å². The monoisotopic (exact) mass is 286 g/mol. The molecule has 0 fully saturated rings. The smallest absolute Gasteiger partial charge is 0.241 e. The van der Waals surface area contributed by atoms with Crippen LogP contribution in [0.2, 0.25) is 0 Å². The highest BCUT2D eigenvalue weighted by molar-refractivity contribution is 7.89. The zero-order chi connectivity index (χ0) is 13.9. The van der Waals surface area contributed by atoms with Crippen LogP contribution >= 0.6 is 0 Å². The number of aliphatic carboxylic acids is 1. The van der Waals surface area contributed by atoms with Gasteiger partial charge in [-0.3, -0.25) is 0 Å². The molecule has 1 N–H and O–H groups in total. The van der Waals surface area contributed by atoms with Crippen molar-refractivity contribution in [3.8, 4) is 11.5 Å². The van der Waals surface area contributed by atoms with Crippen LogP contribution in [0.4, 0.5) is 0 Å². The van der Waals surface area contributed by atoms with Gasteiger partial charge in [-0.05, 0) is 12.1 Å². The van der Waals surface area contributed by atoms with Crippen LogP contribution < -0.4 is 19.3 Å². The van der Waals surface area contributed by atoms with Crippen molar-refractivity contribution in [3.05, 3.63) is 18.2 Å². The number of sulfonamides is 1. The first-order chi connectivity index (χ1) is 8.99. The van der Waals surface area contributed by atoms with E-state index in [1.807, 2.05) is 4.72 Å². The van der Waals surface area contributed by atoms with Crippen molar-refractivity contribution < 1.29 is 27.8 Å². The predicted octanol–water partition coefficient (Wildman–Crippen LogP) is -1.12. The normalized spacial score (nSPS) is 14.7. The first-order valence-electron chi connectivity index (χ1n) is 5.58. The van der Waals surface area contributed by atoms with Gasteiger partial charge in [0.15, 0.2) is 11.5 Å². The number of hydrogen-bond donors (Lipinski definition) is 1. The van der Waals surface area contributed by atoms with Gasteiger partial charge in [0, 0.05) is 12.5 Å². The molecule has 104 valence electrons.